The standard InChI is InChI=1S/C18H15ClFN3O3S/c1-11-5-12(10-23(11)17-4-3-14(20)9-21-17)18(24)22-15-6-13(19)7-16(8-15)27(2,25)26/h3-10H,1-2H3,(H,22,24). The number of halogens is 2. The Hall–Kier alpha value is -2.71. The van der Waals surface area contributed by atoms with Crippen LogP contribution in [0.2, 0.25) is 5.02 Å². The van der Waals surface area contributed by atoms with Crippen LogP contribution < -0.4 is 5.32 Å². The minimum Gasteiger partial charge on any atom is -0.322 e. The number of anilines is 1. The van der Waals surface area contributed by atoms with Crippen molar-refractivity contribution in [3.05, 3.63) is 70.9 Å². The normalized spacial score (nSPS) is 11.4. The first-order chi connectivity index (χ1) is 12.6. The molecule has 3 rings (SSSR count). The maximum Gasteiger partial charge on any atom is 0.257 e. The highest BCUT2D eigenvalue weighted by Crippen LogP contribution is 2.23. The highest BCUT2D eigenvalue weighted by Gasteiger charge is 2.15. The fraction of sp³-hybridized carbons (Fsp3) is 0.111. The van der Waals surface area contributed by atoms with Gasteiger partial charge in [-0.25, -0.2) is 17.8 Å². The number of hydrogen-bond acceptors (Lipinski definition) is 4. The lowest BCUT2D eigenvalue weighted by atomic mass is 10.2. The summed E-state index contributed by atoms with van der Waals surface area (Å²) >= 11 is 5.95. The van der Waals surface area contributed by atoms with Crippen LogP contribution >= 0.6 is 11.6 Å². The van der Waals surface area contributed by atoms with E-state index in [1.54, 1.807) is 23.8 Å². The highest BCUT2D eigenvalue weighted by molar-refractivity contribution is 7.90. The van der Waals surface area contributed by atoms with Crippen molar-refractivity contribution in [1.29, 1.82) is 0 Å². The van der Waals surface area contributed by atoms with Gasteiger partial charge >= 0.3 is 0 Å². The van der Waals surface area contributed by atoms with Gasteiger partial charge in [0.15, 0.2) is 9.84 Å². The number of nitrogens with one attached hydrogen (secondary N) is 1. The molecule has 3 aromatic rings. The monoisotopic (exact) mass is 407 g/mol. The number of carbonyl (C=O) groups excluding carboxylic acids is 1. The van der Waals surface area contributed by atoms with Crippen LogP contribution in [0.1, 0.15) is 16.1 Å². The predicted molar refractivity (Wildman–Crippen MR) is 101 cm³/mol. The molecule has 0 aliphatic heterocycles. The molecule has 0 spiro atoms. The Morgan fingerprint density at radius 2 is 1.96 bits per heavy atom. The number of nitrogens with zero attached hydrogens (tertiary/aromatic N) is 2. The first-order valence-electron chi connectivity index (χ1n) is 7.76. The summed E-state index contributed by atoms with van der Waals surface area (Å²) < 4.78 is 38.1. The quantitative estimate of drug-likeness (QED) is 0.716. The van der Waals surface area contributed by atoms with Crippen LogP contribution in [0.4, 0.5) is 10.1 Å². The molecule has 27 heavy (non-hydrogen) atoms. The van der Waals surface area contributed by atoms with Gasteiger partial charge in [0, 0.05) is 28.9 Å². The molecule has 0 aliphatic carbocycles. The fourth-order valence-corrected chi connectivity index (χ4v) is 3.49. The first-order valence-corrected chi connectivity index (χ1v) is 10.0. The number of carbonyl (C=O) groups is 1. The van der Waals surface area contributed by atoms with Crippen LogP contribution in [0.3, 0.4) is 0 Å². The van der Waals surface area contributed by atoms with Gasteiger partial charge in [-0.15, -0.1) is 0 Å². The Morgan fingerprint density at radius 1 is 1.22 bits per heavy atom. The van der Waals surface area contributed by atoms with E-state index in [9.17, 15) is 17.6 Å². The number of benzene rings is 1. The Balaban J connectivity index is 1.89. The Labute approximate surface area is 160 Å². The zero-order valence-electron chi connectivity index (χ0n) is 14.4. The van der Waals surface area contributed by atoms with E-state index in [4.69, 9.17) is 11.6 Å². The van der Waals surface area contributed by atoms with Crippen molar-refractivity contribution in [2.45, 2.75) is 11.8 Å². The number of aryl methyl sites for hydroxylation is 1. The molecule has 1 N–H and O–H groups in total. The fourth-order valence-electron chi connectivity index (χ4n) is 2.51. The zero-order valence-corrected chi connectivity index (χ0v) is 16.0. The summed E-state index contributed by atoms with van der Waals surface area (Å²) in [5.41, 5.74) is 1.32. The van der Waals surface area contributed by atoms with Gasteiger partial charge in [0.2, 0.25) is 0 Å². The van der Waals surface area contributed by atoms with E-state index in [1.165, 1.54) is 30.3 Å². The largest absolute Gasteiger partial charge is 0.322 e. The molecule has 0 aliphatic rings. The SMILES string of the molecule is Cc1cc(C(=O)Nc2cc(Cl)cc(S(C)(=O)=O)c2)cn1-c1ccc(F)cn1. The molecular formula is C18H15ClFN3O3S. The molecule has 9 heteroatoms. The van der Waals surface area contributed by atoms with Gasteiger partial charge in [-0.05, 0) is 43.3 Å². The molecule has 0 saturated heterocycles. The highest BCUT2D eigenvalue weighted by atomic mass is 35.5. The lowest BCUT2D eigenvalue weighted by molar-refractivity contribution is 0.102. The van der Waals surface area contributed by atoms with Crippen molar-refractivity contribution in [3.8, 4) is 5.82 Å². The molecule has 0 unspecified atom stereocenters. The van der Waals surface area contributed by atoms with E-state index in [2.05, 4.69) is 10.3 Å². The Bertz CT molecular complexity index is 1130. The minimum atomic E-state index is -3.47. The van der Waals surface area contributed by atoms with Crippen LogP contribution in [-0.2, 0) is 9.84 Å². The third-order valence-electron chi connectivity index (χ3n) is 3.79. The summed E-state index contributed by atoms with van der Waals surface area (Å²) in [6.45, 7) is 1.78. The molecule has 0 radical (unpaired) electrons. The van der Waals surface area contributed by atoms with E-state index in [0.29, 0.717) is 11.4 Å². The van der Waals surface area contributed by atoms with E-state index < -0.39 is 21.6 Å². The third-order valence-corrected chi connectivity index (χ3v) is 5.10. The first kappa shape index (κ1) is 19.1. The maximum absolute atomic E-state index is 13.0. The number of hydrogen-bond donors (Lipinski definition) is 1. The number of rotatable bonds is 4. The van der Waals surface area contributed by atoms with Crippen molar-refractivity contribution in [2.24, 2.45) is 0 Å². The average molecular weight is 408 g/mol. The minimum absolute atomic E-state index is 0.00885. The maximum atomic E-state index is 13.0. The van der Waals surface area contributed by atoms with Crippen LogP contribution in [0, 0.1) is 12.7 Å². The Kier molecular flexibility index (Phi) is 5.03. The van der Waals surface area contributed by atoms with Gasteiger partial charge < -0.3 is 9.88 Å². The van der Waals surface area contributed by atoms with Gasteiger partial charge in [-0.3, -0.25) is 4.79 Å². The lowest BCUT2D eigenvalue weighted by Crippen LogP contribution is -2.12. The molecule has 0 fully saturated rings. The van der Waals surface area contributed by atoms with E-state index in [0.717, 1.165) is 18.1 Å². The Morgan fingerprint density at radius 3 is 2.59 bits per heavy atom. The molecular weight excluding hydrogens is 393 g/mol. The van der Waals surface area contributed by atoms with Crippen molar-refractivity contribution in [1.82, 2.24) is 9.55 Å². The molecule has 0 atom stereocenters. The predicted octanol–water partition coefficient (Wildman–Crippen LogP) is 3.63. The van der Waals surface area contributed by atoms with Gasteiger partial charge in [0.1, 0.15) is 11.6 Å². The number of sulfone groups is 1. The van der Waals surface area contributed by atoms with Gasteiger partial charge in [0.05, 0.1) is 16.7 Å². The summed E-state index contributed by atoms with van der Waals surface area (Å²) in [7, 11) is -3.47. The molecule has 2 aromatic heterocycles. The number of amides is 1. The van der Waals surface area contributed by atoms with E-state index in [1.807, 2.05) is 0 Å². The zero-order chi connectivity index (χ0) is 19.8. The second-order valence-corrected chi connectivity index (χ2v) is 8.43. The molecule has 6 nitrogen and oxygen atoms in total. The molecule has 1 aromatic carbocycles. The molecule has 1 amide bonds. The summed E-state index contributed by atoms with van der Waals surface area (Å²) in [4.78, 5) is 16.5. The van der Waals surface area contributed by atoms with Crippen molar-refractivity contribution in [3.63, 3.8) is 0 Å². The summed E-state index contributed by atoms with van der Waals surface area (Å²) in [5, 5.41) is 2.82. The molecule has 0 saturated carbocycles. The van der Waals surface area contributed by atoms with Gasteiger partial charge in [0.25, 0.3) is 5.91 Å². The van der Waals surface area contributed by atoms with Crippen molar-refractivity contribution < 1.29 is 17.6 Å². The van der Waals surface area contributed by atoms with Crippen LogP contribution in [0.15, 0.2) is 53.7 Å². The van der Waals surface area contributed by atoms with E-state index in [-0.39, 0.29) is 15.6 Å². The average Bonchev–Trinajstić information content (AvgIpc) is 2.96. The van der Waals surface area contributed by atoms with Crippen LogP contribution in [-0.4, -0.2) is 30.1 Å². The summed E-state index contributed by atoms with van der Waals surface area (Å²) in [5.74, 6) is -0.431. The summed E-state index contributed by atoms with van der Waals surface area (Å²) in [6, 6.07) is 8.53. The summed E-state index contributed by atoms with van der Waals surface area (Å²) in [6.07, 6.45) is 3.71. The molecule has 2 heterocycles. The van der Waals surface area contributed by atoms with Crippen LogP contribution in [0.5, 0.6) is 0 Å². The van der Waals surface area contributed by atoms with Crippen molar-refractivity contribution in [2.75, 3.05) is 11.6 Å². The topological polar surface area (TPSA) is 81.1 Å². The van der Waals surface area contributed by atoms with Crippen molar-refractivity contribution >= 4 is 33.0 Å². The van der Waals surface area contributed by atoms with Gasteiger partial charge in [-0.2, -0.15) is 0 Å². The lowest BCUT2D eigenvalue weighted by Gasteiger charge is -2.07. The smallest absolute Gasteiger partial charge is 0.257 e. The third kappa shape index (κ3) is 4.35. The molecule has 140 valence electrons. The number of aromatic nitrogens is 2. The number of pyridine rings is 1. The second-order valence-electron chi connectivity index (χ2n) is 5.98. The molecule has 0 bridgehead atoms. The second kappa shape index (κ2) is 7.13. The van der Waals surface area contributed by atoms with Gasteiger partial charge in [-0.1, -0.05) is 11.6 Å². The van der Waals surface area contributed by atoms with E-state index >= 15 is 0 Å². The van der Waals surface area contributed by atoms with Crippen LogP contribution in [0.25, 0.3) is 5.82 Å².